The summed E-state index contributed by atoms with van der Waals surface area (Å²) in [7, 11) is 3.19. The fourth-order valence-corrected chi connectivity index (χ4v) is 3.08. The number of aromatic nitrogens is 2. The highest BCUT2D eigenvalue weighted by Gasteiger charge is 2.27. The lowest BCUT2D eigenvalue weighted by molar-refractivity contribution is 0.0943. The molecular formula is C21H20ClN3O3. The summed E-state index contributed by atoms with van der Waals surface area (Å²) in [6, 6.07) is 14.7. The number of benzene rings is 2. The Bertz CT molecular complexity index is 1010. The number of nitrogens with zero attached hydrogens (tertiary/aromatic N) is 2. The number of carbonyl (C=O) groups excluding carboxylic acids is 1. The SMILES string of the molecule is COc1ccc(-c2cc(C(=O)NC3CC3)n(-c3ccc(Cl)cc3)n2)c(OC)c1. The smallest absolute Gasteiger partial charge is 0.270 e. The van der Waals surface area contributed by atoms with Crippen LogP contribution in [0.4, 0.5) is 0 Å². The minimum absolute atomic E-state index is 0.149. The number of nitrogens with one attached hydrogen (secondary N) is 1. The minimum atomic E-state index is -0.149. The van der Waals surface area contributed by atoms with Gasteiger partial charge in [0, 0.05) is 22.7 Å². The lowest BCUT2D eigenvalue weighted by Gasteiger charge is -2.09. The zero-order valence-corrected chi connectivity index (χ0v) is 16.4. The second kappa shape index (κ2) is 7.56. The fourth-order valence-electron chi connectivity index (χ4n) is 2.95. The van der Waals surface area contributed by atoms with E-state index in [0.717, 1.165) is 24.1 Å². The molecule has 1 N–H and O–H groups in total. The van der Waals surface area contributed by atoms with E-state index in [1.807, 2.05) is 24.3 Å². The van der Waals surface area contributed by atoms with Crippen LogP contribution in [0.5, 0.6) is 11.5 Å². The van der Waals surface area contributed by atoms with E-state index >= 15 is 0 Å². The Labute approximate surface area is 168 Å². The highest BCUT2D eigenvalue weighted by atomic mass is 35.5. The molecule has 4 rings (SSSR count). The van der Waals surface area contributed by atoms with Gasteiger partial charge in [0.15, 0.2) is 0 Å². The summed E-state index contributed by atoms with van der Waals surface area (Å²) in [5.74, 6) is 1.15. The van der Waals surface area contributed by atoms with Gasteiger partial charge in [-0.25, -0.2) is 4.68 Å². The van der Waals surface area contributed by atoms with Crippen LogP contribution in [-0.4, -0.2) is 35.9 Å². The maximum Gasteiger partial charge on any atom is 0.270 e. The number of carbonyl (C=O) groups is 1. The molecule has 1 fully saturated rings. The van der Waals surface area contributed by atoms with Crippen molar-refractivity contribution in [3.63, 3.8) is 0 Å². The molecule has 0 saturated heterocycles. The summed E-state index contributed by atoms with van der Waals surface area (Å²) in [4.78, 5) is 12.8. The number of ether oxygens (including phenoxy) is 2. The molecule has 0 aliphatic heterocycles. The van der Waals surface area contributed by atoms with E-state index in [1.165, 1.54) is 0 Å². The molecule has 3 aromatic rings. The van der Waals surface area contributed by atoms with Gasteiger partial charge < -0.3 is 14.8 Å². The molecule has 0 atom stereocenters. The third-order valence-electron chi connectivity index (χ3n) is 4.61. The second-order valence-electron chi connectivity index (χ2n) is 6.62. The predicted molar refractivity (Wildman–Crippen MR) is 108 cm³/mol. The first-order chi connectivity index (χ1) is 13.6. The Morgan fingerprint density at radius 3 is 2.50 bits per heavy atom. The van der Waals surface area contributed by atoms with Gasteiger partial charge in [0.25, 0.3) is 5.91 Å². The van der Waals surface area contributed by atoms with E-state index in [2.05, 4.69) is 10.4 Å². The third kappa shape index (κ3) is 3.68. The Balaban J connectivity index is 1.80. The molecule has 1 amide bonds. The van der Waals surface area contributed by atoms with Crippen LogP contribution in [0.1, 0.15) is 23.3 Å². The quantitative estimate of drug-likeness (QED) is 0.680. The summed E-state index contributed by atoms with van der Waals surface area (Å²) in [6.45, 7) is 0. The molecule has 7 heteroatoms. The topological polar surface area (TPSA) is 65.4 Å². The number of amides is 1. The number of methoxy groups -OCH3 is 2. The van der Waals surface area contributed by atoms with Crippen molar-refractivity contribution in [1.82, 2.24) is 15.1 Å². The van der Waals surface area contributed by atoms with Crippen molar-refractivity contribution in [3.8, 4) is 28.4 Å². The molecule has 1 aliphatic carbocycles. The van der Waals surface area contributed by atoms with E-state index in [0.29, 0.717) is 27.9 Å². The van der Waals surface area contributed by atoms with Crippen LogP contribution >= 0.6 is 11.6 Å². The normalized spacial score (nSPS) is 13.2. The zero-order chi connectivity index (χ0) is 19.7. The van der Waals surface area contributed by atoms with Crippen LogP contribution in [-0.2, 0) is 0 Å². The predicted octanol–water partition coefficient (Wildman–Crippen LogP) is 4.10. The van der Waals surface area contributed by atoms with Gasteiger partial charge in [0.1, 0.15) is 17.2 Å². The molecule has 6 nitrogen and oxygen atoms in total. The highest BCUT2D eigenvalue weighted by Crippen LogP contribution is 2.33. The van der Waals surface area contributed by atoms with Gasteiger partial charge in [-0.1, -0.05) is 11.6 Å². The van der Waals surface area contributed by atoms with Crippen LogP contribution in [0.2, 0.25) is 5.02 Å². The van der Waals surface area contributed by atoms with Crippen molar-refractivity contribution in [2.45, 2.75) is 18.9 Å². The summed E-state index contributed by atoms with van der Waals surface area (Å²) in [5, 5.41) is 8.33. The van der Waals surface area contributed by atoms with Crippen LogP contribution in [0.3, 0.4) is 0 Å². The molecule has 1 aromatic heterocycles. The second-order valence-corrected chi connectivity index (χ2v) is 7.05. The van der Waals surface area contributed by atoms with Crippen molar-refractivity contribution in [2.24, 2.45) is 0 Å². The summed E-state index contributed by atoms with van der Waals surface area (Å²) in [5.41, 5.74) is 2.62. The lowest BCUT2D eigenvalue weighted by atomic mass is 10.1. The Hall–Kier alpha value is -2.99. The number of halogens is 1. The van der Waals surface area contributed by atoms with E-state index in [9.17, 15) is 4.79 Å². The summed E-state index contributed by atoms with van der Waals surface area (Å²) >= 11 is 6.01. The maximum absolute atomic E-state index is 12.8. The van der Waals surface area contributed by atoms with E-state index in [4.69, 9.17) is 21.1 Å². The fraction of sp³-hybridized carbons (Fsp3) is 0.238. The standard InChI is InChI=1S/C21H20ClN3O3/c1-27-16-9-10-17(20(11-16)28-2)18-12-19(21(26)23-14-5-6-14)25(24-18)15-7-3-13(22)4-8-15/h3-4,7-12,14H,5-6H2,1-2H3,(H,23,26). The Morgan fingerprint density at radius 1 is 1.11 bits per heavy atom. The molecule has 1 heterocycles. The van der Waals surface area contributed by atoms with Crippen LogP contribution in [0.25, 0.3) is 16.9 Å². The molecule has 1 aliphatic rings. The van der Waals surface area contributed by atoms with Crippen molar-refractivity contribution >= 4 is 17.5 Å². The van der Waals surface area contributed by atoms with Crippen LogP contribution < -0.4 is 14.8 Å². The van der Waals surface area contributed by atoms with Crippen molar-refractivity contribution in [2.75, 3.05) is 14.2 Å². The number of hydrogen-bond donors (Lipinski definition) is 1. The molecule has 0 radical (unpaired) electrons. The molecule has 0 unspecified atom stereocenters. The average molecular weight is 398 g/mol. The minimum Gasteiger partial charge on any atom is -0.497 e. The van der Waals surface area contributed by atoms with Crippen LogP contribution in [0.15, 0.2) is 48.5 Å². The van der Waals surface area contributed by atoms with E-state index in [1.54, 1.807) is 43.2 Å². The first kappa shape index (κ1) is 18.4. The molecule has 2 aromatic carbocycles. The summed E-state index contributed by atoms with van der Waals surface area (Å²) < 4.78 is 12.4. The molecule has 0 bridgehead atoms. The van der Waals surface area contributed by atoms with Gasteiger partial charge in [0.05, 0.1) is 25.6 Å². The van der Waals surface area contributed by atoms with Crippen LogP contribution in [0, 0.1) is 0 Å². The average Bonchev–Trinajstić information content (AvgIpc) is 3.42. The first-order valence-corrected chi connectivity index (χ1v) is 9.36. The molecule has 0 spiro atoms. The van der Waals surface area contributed by atoms with Gasteiger partial charge in [-0.2, -0.15) is 5.10 Å². The number of hydrogen-bond acceptors (Lipinski definition) is 4. The molecule has 28 heavy (non-hydrogen) atoms. The third-order valence-corrected chi connectivity index (χ3v) is 4.86. The molecular weight excluding hydrogens is 378 g/mol. The van der Waals surface area contributed by atoms with Crippen molar-refractivity contribution < 1.29 is 14.3 Å². The molecule has 144 valence electrons. The van der Waals surface area contributed by atoms with E-state index < -0.39 is 0 Å². The molecule has 1 saturated carbocycles. The van der Waals surface area contributed by atoms with E-state index in [-0.39, 0.29) is 11.9 Å². The van der Waals surface area contributed by atoms with Gasteiger partial charge in [-0.3, -0.25) is 4.79 Å². The highest BCUT2D eigenvalue weighted by molar-refractivity contribution is 6.30. The van der Waals surface area contributed by atoms with Crippen molar-refractivity contribution in [3.05, 3.63) is 59.2 Å². The number of rotatable bonds is 6. The van der Waals surface area contributed by atoms with Gasteiger partial charge in [0.2, 0.25) is 0 Å². The van der Waals surface area contributed by atoms with Gasteiger partial charge in [-0.05, 0) is 55.3 Å². The first-order valence-electron chi connectivity index (χ1n) is 8.98. The Kier molecular flexibility index (Phi) is 4.96. The van der Waals surface area contributed by atoms with Gasteiger partial charge in [-0.15, -0.1) is 0 Å². The zero-order valence-electron chi connectivity index (χ0n) is 15.6. The largest absolute Gasteiger partial charge is 0.497 e. The lowest BCUT2D eigenvalue weighted by Crippen LogP contribution is -2.27. The maximum atomic E-state index is 12.8. The Morgan fingerprint density at radius 2 is 1.86 bits per heavy atom. The monoisotopic (exact) mass is 397 g/mol. The summed E-state index contributed by atoms with van der Waals surface area (Å²) in [6.07, 6.45) is 2.03. The van der Waals surface area contributed by atoms with Crippen molar-refractivity contribution in [1.29, 1.82) is 0 Å². The van der Waals surface area contributed by atoms with Gasteiger partial charge >= 0.3 is 0 Å².